The van der Waals surface area contributed by atoms with Crippen molar-refractivity contribution >= 4 is 5.78 Å². The zero-order valence-electron chi connectivity index (χ0n) is 18.5. The van der Waals surface area contributed by atoms with E-state index >= 15 is 0 Å². The second-order valence-corrected chi connectivity index (χ2v) is 9.12. The zero-order valence-corrected chi connectivity index (χ0v) is 18.5. The number of Topliss-reactive ketones (excluding diaryl/α,β-unsaturated/α-hetero) is 1. The first-order chi connectivity index (χ1) is 14.8. The number of likely N-dealkylation sites (tertiary alicyclic amines) is 1. The average Bonchev–Trinajstić information content (AvgIpc) is 3.06. The summed E-state index contributed by atoms with van der Waals surface area (Å²) in [5.74, 6) is 0.975. The summed E-state index contributed by atoms with van der Waals surface area (Å²) in [6.45, 7) is 3.52. The van der Waals surface area contributed by atoms with Crippen LogP contribution in [0.25, 0.3) is 0 Å². The number of ketones is 1. The minimum Gasteiger partial charge on any atom is -0.508 e. The second kappa shape index (κ2) is 8.89. The van der Waals surface area contributed by atoms with E-state index in [9.17, 15) is 15.0 Å². The van der Waals surface area contributed by atoms with Gasteiger partial charge in [-0.15, -0.1) is 0 Å². The number of benzene rings is 2. The Hall–Kier alpha value is -2.57. The Morgan fingerprint density at radius 3 is 2.77 bits per heavy atom. The van der Waals surface area contributed by atoms with E-state index in [0.717, 1.165) is 36.2 Å². The summed E-state index contributed by atoms with van der Waals surface area (Å²) in [5.41, 5.74) is 2.61. The van der Waals surface area contributed by atoms with Crippen molar-refractivity contribution in [1.29, 1.82) is 0 Å². The van der Waals surface area contributed by atoms with Gasteiger partial charge in [-0.3, -0.25) is 9.69 Å². The van der Waals surface area contributed by atoms with Crippen molar-refractivity contribution in [3.63, 3.8) is 0 Å². The first-order valence-electron chi connectivity index (χ1n) is 11.0. The summed E-state index contributed by atoms with van der Waals surface area (Å²) in [6.07, 6.45) is 3.04. The van der Waals surface area contributed by atoms with Gasteiger partial charge in [0.2, 0.25) is 0 Å². The maximum Gasteiger partial charge on any atom is 0.140 e. The molecule has 1 aliphatic carbocycles. The fourth-order valence-corrected chi connectivity index (χ4v) is 4.99. The lowest BCUT2D eigenvalue weighted by Crippen LogP contribution is -2.51. The van der Waals surface area contributed by atoms with Gasteiger partial charge in [0, 0.05) is 36.2 Å². The van der Waals surface area contributed by atoms with Crippen LogP contribution in [0.3, 0.4) is 0 Å². The van der Waals surface area contributed by atoms with Crippen LogP contribution in [0.4, 0.5) is 0 Å². The number of rotatable bonds is 6. The molecule has 0 aromatic heterocycles. The average molecular weight is 425 g/mol. The van der Waals surface area contributed by atoms with Crippen LogP contribution in [-0.2, 0) is 17.6 Å². The Labute approximate surface area is 184 Å². The SMILES string of the molecule is CC(=O)Cc1cccc(OC2c3cc(O)cc(O)c3CC2N2CCCC(N(C)C)C2)c1. The van der Waals surface area contributed by atoms with Gasteiger partial charge in [0.15, 0.2) is 0 Å². The van der Waals surface area contributed by atoms with Gasteiger partial charge in [-0.05, 0) is 70.6 Å². The predicted molar refractivity (Wildman–Crippen MR) is 120 cm³/mol. The number of piperidine rings is 1. The lowest BCUT2D eigenvalue weighted by molar-refractivity contribution is -0.116. The summed E-state index contributed by atoms with van der Waals surface area (Å²) >= 11 is 0. The molecule has 1 saturated heterocycles. The molecule has 2 aromatic rings. The monoisotopic (exact) mass is 424 g/mol. The highest BCUT2D eigenvalue weighted by molar-refractivity contribution is 5.78. The van der Waals surface area contributed by atoms with E-state index in [1.807, 2.05) is 24.3 Å². The first kappa shape index (κ1) is 21.7. The van der Waals surface area contributed by atoms with E-state index in [2.05, 4.69) is 23.9 Å². The van der Waals surface area contributed by atoms with Crippen molar-refractivity contribution in [3.8, 4) is 17.2 Å². The standard InChI is InChI=1S/C25H32N2O4/c1-16(28)10-17-6-4-8-20(11-17)31-25-22-12-19(29)13-24(30)21(22)14-23(25)27-9-5-7-18(15-27)26(2)3/h4,6,8,11-13,18,23,25,29-30H,5,7,9-10,14-15H2,1-3H3. The smallest absolute Gasteiger partial charge is 0.140 e. The molecule has 6 heteroatoms. The molecule has 3 atom stereocenters. The third kappa shape index (κ3) is 4.70. The van der Waals surface area contributed by atoms with Gasteiger partial charge in [0.25, 0.3) is 0 Å². The van der Waals surface area contributed by atoms with Gasteiger partial charge in [-0.25, -0.2) is 0 Å². The van der Waals surface area contributed by atoms with E-state index in [0.29, 0.717) is 24.6 Å². The number of carbonyl (C=O) groups is 1. The number of likely N-dealkylation sites (N-methyl/N-ethyl adjacent to an activating group) is 1. The highest BCUT2D eigenvalue weighted by atomic mass is 16.5. The van der Waals surface area contributed by atoms with E-state index in [1.165, 1.54) is 12.5 Å². The maximum atomic E-state index is 11.5. The third-order valence-corrected chi connectivity index (χ3v) is 6.56. The number of phenolic OH excluding ortho intramolecular Hbond substituents is 2. The highest BCUT2D eigenvalue weighted by Crippen LogP contribution is 2.44. The Morgan fingerprint density at radius 1 is 1.23 bits per heavy atom. The summed E-state index contributed by atoms with van der Waals surface area (Å²) in [4.78, 5) is 16.3. The first-order valence-corrected chi connectivity index (χ1v) is 11.0. The lowest BCUT2D eigenvalue weighted by atomic mass is 10.0. The molecule has 3 unspecified atom stereocenters. The molecule has 0 spiro atoms. The van der Waals surface area contributed by atoms with Gasteiger partial charge >= 0.3 is 0 Å². The van der Waals surface area contributed by atoms with Crippen LogP contribution in [0.1, 0.15) is 42.6 Å². The minimum absolute atomic E-state index is 0.0423. The molecule has 166 valence electrons. The summed E-state index contributed by atoms with van der Waals surface area (Å²) in [6, 6.07) is 11.3. The minimum atomic E-state index is -0.304. The van der Waals surface area contributed by atoms with Gasteiger partial charge < -0.3 is 19.8 Å². The van der Waals surface area contributed by atoms with Crippen molar-refractivity contribution in [2.45, 2.75) is 50.8 Å². The van der Waals surface area contributed by atoms with E-state index < -0.39 is 0 Å². The van der Waals surface area contributed by atoms with Gasteiger partial charge in [-0.1, -0.05) is 12.1 Å². The molecular formula is C25H32N2O4. The van der Waals surface area contributed by atoms with Crippen molar-refractivity contribution in [3.05, 3.63) is 53.1 Å². The molecular weight excluding hydrogens is 392 g/mol. The number of fused-ring (bicyclic) bond motifs is 1. The van der Waals surface area contributed by atoms with Crippen molar-refractivity contribution < 1.29 is 19.7 Å². The summed E-state index contributed by atoms with van der Waals surface area (Å²) < 4.78 is 6.51. The summed E-state index contributed by atoms with van der Waals surface area (Å²) in [7, 11) is 4.24. The van der Waals surface area contributed by atoms with Crippen LogP contribution >= 0.6 is 0 Å². The lowest BCUT2D eigenvalue weighted by Gasteiger charge is -2.41. The van der Waals surface area contributed by atoms with Crippen LogP contribution in [0.15, 0.2) is 36.4 Å². The number of ether oxygens (including phenoxy) is 1. The number of carbonyl (C=O) groups excluding carboxylic acids is 1. The molecule has 1 fully saturated rings. The molecule has 1 aliphatic heterocycles. The van der Waals surface area contributed by atoms with Crippen LogP contribution in [0.2, 0.25) is 0 Å². The Balaban J connectivity index is 1.65. The van der Waals surface area contributed by atoms with E-state index in [-0.39, 0.29) is 29.4 Å². The fraction of sp³-hybridized carbons (Fsp3) is 0.480. The van der Waals surface area contributed by atoms with Crippen molar-refractivity contribution in [1.82, 2.24) is 9.80 Å². The molecule has 2 aliphatic rings. The maximum absolute atomic E-state index is 11.5. The molecule has 6 nitrogen and oxygen atoms in total. The molecule has 0 saturated carbocycles. The third-order valence-electron chi connectivity index (χ3n) is 6.56. The molecule has 0 amide bonds. The number of phenols is 2. The van der Waals surface area contributed by atoms with Crippen LogP contribution in [0, 0.1) is 0 Å². The number of aromatic hydroxyl groups is 2. The summed E-state index contributed by atoms with van der Waals surface area (Å²) in [5, 5.41) is 20.7. The topological polar surface area (TPSA) is 73.2 Å². The second-order valence-electron chi connectivity index (χ2n) is 9.12. The fourth-order valence-electron chi connectivity index (χ4n) is 4.99. The number of hydrogen-bond donors (Lipinski definition) is 2. The Kier molecular flexibility index (Phi) is 6.21. The Bertz CT molecular complexity index is 959. The van der Waals surface area contributed by atoms with Gasteiger partial charge in [0.05, 0.1) is 6.04 Å². The van der Waals surface area contributed by atoms with Gasteiger partial charge in [-0.2, -0.15) is 0 Å². The molecule has 2 aromatic carbocycles. The molecule has 0 bridgehead atoms. The highest BCUT2D eigenvalue weighted by Gasteiger charge is 2.41. The van der Waals surface area contributed by atoms with Crippen LogP contribution < -0.4 is 4.74 Å². The van der Waals surface area contributed by atoms with Crippen molar-refractivity contribution in [2.75, 3.05) is 27.2 Å². The normalized spacial score (nSPS) is 23.7. The van der Waals surface area contributed by atoms with E-state index in [1.54, 1.807) is 13.0 Å². The largest absolute Gasteiger partial charge is 0.508 e. The molecule has 31 heavy (non-hydrogen) atoms. The molecule has 2 N–H and O–H groups in total. The predicted octanol–water partition coefficient (Wildman–Crippen LogP) is 3.30. The van der Waals surface area contributed by atoms with E-state index in [4.69, 9.17) is 4.74 Å². The molecule has 1 heterocycles. The quantitative estimate of drug-likeness (QED) is 0.741. The van der Waals surface area contributed by atoms with Crippen LogP contribution in [0.5, 0.6) is 17.2 Å². The Morgan fingerprint density at radius 2 is 2.03 bits per heavy atom. The van der Waals surface area contributed by atoms with Crippen molar-refractivity contribution in [2.24, 2.45) is 0 Å². The molecule has 0 radical (unpaired) electrons. The molecule has 4 rings (SSSR count). The zero-order chi connectivity index (χ0) is 22.1. The number of hydrogen-bond acceptors (Lipinski definition) is 6. The van der Waals surface area contributed by atoms with Crippen LogP contribution in [-0.4, -0.2) is 65.1 Å². The number of nitrogens with zero attached hydrogens (tertiary/aromatic N) is 2. The van der Waals surface area contributed by atoms with Gasteiger partial charge in [0.1, 0.15) is 29.1 Å².